The van der Waals surface area contributed by atoms with Crippen LogP contribution in [0.1, 0.15) is 22.3 Å². The van der Waals surface area contributed by atoms with Crippen LogP contribution in [0, 0.1) is 0 Å². The molecule has 288 valence electrons. The lowest BCUT2D eigenvalue weighted by atomic mass is 9.70. The van der Waals surface area contributed by atoms with Crippen LogP contribution in [0.4, 0.5) is 0 Å². The number of hydrogen-bond donors (Lipinski definition) is 0. The fourth-order valence-corrected chi connectivity index (χ4v) is 10.3. The van der Waals surface area contributed by atoms with Gasteiger partial charge in [-0.3, -0.25) is 0 Å². The standard InChI is InChI=1S/C58H35N3O/c1-2-14-38(15-3-1)55-59-56(61-57(60-55)46-22-13-27-53-54(46)45-21-7-11-26-52(45)62-53)41-17-12-16-39(34-41)36-28-30-37(31-29-36)40-32-33-51-47(35-40)44-20-6-10-25-50(44)58(51)48-23-8-4-18-42(48)43-19-5-9-24-49(43)58/h1-35H. The van der Waals surface area contributed by atoms with E-state index in [2.05, 4.69) is 152 Å². The quantitative estimate of drug-likeness (QED) is 0.174. The maximum atomic E-state index is 6.25. The van der Waals surface area contributed by atoms with Gasteiger partial charge in [-0.25, -0.2) is 15.0 Å². The molecule has 0 saturated heterocycles. The minimum Gasteiger partial charge on any atom is -0.456 e. The van der Waals surface area contributed by atoms with Crippen molar-refractivity contribution in [3.05, 3.63) is 235 Å². The molecule has 0 fully saturated rings. The van der Waals surface area contributed by atoms with E-state index in [4.69, 9.17) is 19.4 Å². The molecule has 11 aromatic rings. The van der Waals surface area contributed by atoms with E-state index in [0.717, 1.165) is 49.8 Å². The Morgan fingerprint density at radius 3 is 1.47 bits per heavy atom. The summed E-state index contributed by atoms with van der Waals surface area (Å²) < 4.78 is 6.25. The second kappa shape index (κ2) is 13.4. The minimum atomic E-state index is -0.339. The lowest BCUT2D eigenvalue weighted by Crippen LogP contribution is -2.25. The van der Waals surface area contributed by atoms with E-state index in [1.165, 1.54) is 55.6 Å². The highest BCUT2D eigenvalue weighted by molar-refractivity contribution is 6.11. The molecule has 2 aliphatic carbocycles. The first kappa shape index (κ1) is 34.6. The van der Waals surface area contributed by atoms with Gasteiger partial charge < -0.3 is 4.42 Å². The Morgan fingerprint density at radius 2 is 0.758 bits per heavy atom. The predicted octanol–water partition coefficient (Wildman–Crippen LogP) is 14.4. The number of furan rings is 1. The fraction of sp³-hybridized carbons (Fsp3) is 0.0172. The molecule has 62 heavy (non-hydrogen) atoms. The van der Waals surface area contributed by atoms with E-state index in [1.54, 1.807) is 0 Å². The number of para-hydroxylation sites is 1. The van der Waals surface area contributed by atoms with Crippen LogP contribution >= 0.6 is 0 Å². The van der Waals surface area contributed by atoms with E-state index in [0.29, 0.717) is 17.5 Å². The van der Waals surface area contributed by atoms with Gasteiger partial charge in [-0.1, -0.05) is 188 Å². The van der Waals surface area contributed by atoms with Crippen molar-refractivity contribution >= 4 is 21.9 Å². The zero-order chi connectivity index (χ0) is 40.8. The van der Waals surface area contributed by atoms with E-state index in [9.17, 15) is 0 Å². The predicted molar refractivity (Wildman–Crippen MR) is 251 cm³/mol. The summed E-state index contributed by atoms with van der Waals surface area (Å²) in [6.07, 6.45) is 0. The van der Waals surface area contributed by atoms with Gasteiger partial charge >= 0.3 is 0 Å². The number of aromatic nitrogens is 3. The Labute approximate surface area is 358 Å². The average molecular weight is 790 g/mol. The highest BCUT2D eigenvalue weighted by atomic mass is 16.3. The SMILES string of the molecule is c1ccc(-c2nc(-c3cccc(-c4ccc(-c5ccc6c(c5)-c5ccccc5C65c6ccccc6-c6ccccc65)cc4)c3)nc(-c3cccc4oc5ccccc5c34)n2)cc1. The summed E-state index contributed by atoms with van der Waals surface area (Å²) in [5.74, 6) is 1.83. The summed E-state index contributed by atoms with van der Waals surface area (Å²) in [7, 11) is 0. The molecule has 0 amide bonds. The van der Waals surface area contributed by atoms with Gasteiger partial charge in [0, 0.05) is 27.5 Å². The fourth-order valence-electron chi connectivity index (χ4n) is 10.3. The van der Waals surface area contributed by atoms with Crippen LogP contribution in [0.2, 0.25) is 0 Å². The lowest BCUT2D eigenvalue weighted by Gasteiger charge is -2.30. The Kier molecular flexibility index (Phi) is 7.49. The van der Waals surface area contributed by atoms with Crippen LogP contribution in [0.3, 0.4) is 0 Å². The monoisotopic (exact) mass is 789 g/mol. The summed E-state index contributed by atoms with van der Waals surface area (Å²) in [5.41, 5.74) is 19.3. The molecule has 1 spiro atoms. The van der Waals surface area contributed by atoms with Crippen molar-refractivity contribution in [2.45, 2.75) is 5.41 Å². The van der Waals surface area contributed by atoms with E-state index >= 15 is 0 Å². The first-order valence-corrected chi connectivity index (χ1v) is 21.1. The van der Waals surface area contributed by atoms with Crippen molar-refractivity contribution < 1.29 is 4.42 Å². The lowest BCUT2D eigenvalue weighted by molar-refractivity contribution is 0.669. The Bertz CT molecular complexity index is 3540. The van der Waals surface area contributed by atoms with Gasteiger partial charge in [0.25, 0.3) is 0 Å². The molecule has 9 aromatic carbocycles. The summed E-state index contributed by atoms with van der Waals surface area (Å²) in [4.78, 5) is 15.3. The minimum absolute atomic E-state index is 0.339. The van der Waals surface area contributed by atoms with Crippen LogP contribution in [0.5, 0.6) is 0 Å². The second-order valence-corrected chi connectivity index (χ2v) is 16.3. The Morgan fingerprint density at radius 1 is 0.290 bits per heavy atom. The molecular formula is C58H35N3O. The first-order valence-electron chi connectivity index (χ1n) is 21.1. The third-order valence-corrected chi connectivity index (χ3v) is 13.0. The number of benzene rings is 9. The van der Waals surface area contributed by atoms with Crippen molar-refractivity contribution in [2.24, 2.45) is 0 Å². The van der Waals surface area contributed by atoms with Crippen molar-refractivity contribution in [2.75, 3.05) is 0 Å². The number of hydrogen-bond acceptors (Lipinski definition) is 4. The summed E-state index contributed by atoms with van der Waals surface area (Å²) in [5, 5.41) is 2.03. The third-order valence-electron chi connectivity index (χ3n) is 13.0. The van der Waals surface area contributed by atoms with Crippen molar-refractivity contribution in [1.29, 1.82) is 0 Å². The van der Waals surface area contributed by atoms with Crippen LogP contribution in [0.15, 0.2) is 217 Å². The number of fused-ring (bicyclic) bond motifs is 13. The molecule has 4 nitrogen and oxygen atoms in total. The van der Waals surface area contributed by atoms with Gasteiger partial charge in [0.15, 0.2) is 17.5 Å². The molecule has 2 aromatic heterocycles. The molecule has 2 heterocycles. The van der Waals surface area contributed by atoms with Crippen LogP contribution in [-0.4, -0.2) is 15.0 Å². The zero-order valence-electron chi connectivity index (χ0n) is 33.5. The van der Waals surface area contributed by atoms with Gasteiger partial charge in [0.05, 0.1) is 5.41 Å². The average Bonchev–Trinajstić information content (AvgIpc) is 3.98. The zero-order valence-corrected chi connectivity index (χ0v) is 33.5. The maximum Gasteiger partial charge on any atom is 0.164 e. The molecule has 0 N–H and O–H groups in total. The smallest absolute Gasteiger partial charge is 0.164 e. The summed E-state index contributed by atoms with van der Waals surface area (Å²) >= 11 is 0. The molecule has 0 bridgehead atoms. The molecule has 4 heteroatoms. The number of rotatable bonds is 5. The van der Waals surface area contributed by atoms with Gasteiger partial charge in [-0.05, 0) is 91.0 Å². The maximum absolute atomic E-state index is 6.25. The Balaban J connectivity index is 0.884. The second-order valence-electron chi connectivity index (χ2n) is 16.3. The third kappa shape index (κ3) is 5.04. The van der Waals surface area contributed by atoms with Gasteiger partial charge in [0.2, 0.25) is 0 Å². The van der Waals surface area contributed by atoms with E-state index in [1.807, 2.05) is 60.7 Å². The molecular weight excluding hydrogens is 755 g/mol. The number of nitrogens with zero attached hydrogens (tertiary/aromatic N) is 3. The van der Waals surface area contributed by atoms with E-state index in [-0.39, 0.29) is 5.41 Å². The first-order chi connectivity index (χ1) is 30.7. The van der Waals surface area contributed by atoms with Gasteiger partial charge in [-0.15, -0.1) is 0 Å². The van der Waals surface area contributed by atoms with E-state index < -0.39 is 0 Å². The van der Waals surface area contributed by atoms with Gasteiger partial charge in [0.1, 0.15) is 11.2 Å². The summed E-state index contributed by atoms with van der Waals surface area (Å²) in [6.45, 7) is 0. The molecule has 0 radical (unpaired) electrons. The molecule has 13 rings (SSSR count). The van der Waals surface area contributed by atoms with Crippen LogP contribution < -0.4 is 0 Å². The van der Waals surface area contributed by atoms with Crippen molar-refractivity contribution in [1.82, 2.24) is 15.0 Å². The molecule has 0 atom stereocenters. The molecule has 0 unspecified atom stereocenters. The topological polar surface area (TPSA) is 51.8 Å². The van der Waals surface area contributed by atoms with Crippen molar-refractivity contribution in [3.8, 4) is 78.7 Å². The molecule has 0 saturated carbocycles. The highest BCUT2D eigenvalue weighted by Crippen LogP contribution is 2.63. The summed E-state index contributed by atoms with van der Waals surface area (Å²) in [6, 6.07) is 75.7. The molecule has 2 aliphatic rings. The largest absolute Gasteiger partial charge is 0.456 e. The van der Waals surface area contributed by atoms with Gasteiger partial charge in [-0.2, -0.15) is 0 Å². The normalized spacial score (nSPS) is 13.0. The molecule has 0 aliphatic heterocycles. The Hall–Kier alpha value is -8.21. The highest BCUT2D eigenvalue weighted by Gasteiger charge is 2.51. The van der Waals surface area contributed by atoms with Crippen LogP contribution in [-0.2, 0) is 5.41 Å². The van der Waals surface area contributed by atoms with Crippen LogP contribution in [0.25, 0.3) is 101 Å². The van der Waals surface area contributed by atoms with Crippen molar-refractivity contribution in [3.63, 3.8) is 0 Å².